The monoisotopic (exact) mass is 427 g/mol. The average Bonchev–Trinajstić information content (AvgIpc) is 2.67. The molecule has 2 unspecified atom stereocenters. The molecule has 1 fully saturated rings. The second-order valence-corrected chi connectivity index (χ2v) is 7.61. The Morgan fingerprint density at radius 1 is 0.867 bits per heavy atom. The standard InChI is InChI=1S/C22H19F6NO/c23-21(24,25)17-6-15(7-18(10-17)22(26,27)28)16-8-19-12-30-13-20(9-16)29(19)11-14-4-2-1-3-5-14/h1-8,10,19-20H,9,11-13H2. The van der Waals surface area contributed by atoms with Gasteiger partial charge in [0.05, 0.1) is 30.4 Å². The van der Waals surface area contributed by atoms with Crippen molar-refractivity contribution in [3.05, 3.63) is 76.9 Å². The van der Waals surface area contributed by atoms with Gasteiger partial charge in [-0.05, 0) is 41.3 Å². The van der Waals surface area contributed by atoms with Gasteiger partial charge in [-0.1, -0.05) is 36.4 Å². The molecular weight excluding hydrogens is 408 g/mol. The summed E-state index contributed by atoms with van der Waals surface area (Å²) in [5.41, 5.74) is -1.03. The van der Waals surface area contributed by atoms with E-state index in [9.17, 15) is 26.3 Å². The van der Waals surface area contributed by atoms with Gasteiger partial charge >= 0.3 is 12.4 Å². The molecule has 2 bridgehead atoms. The number of rotatable bonds is 3. The lowest BCUT2D eigenvalue weighted by atomic mass is 9.88. The average molecular weight is 427 g/mol. The fourth-order valence-corrected chi connectivity index (χ4v) is 4.06. The molecular formula is C22H19F6NO. The second-order valence-electron chi connectivity index (χ2n) is 7.61. The molecule has 2 atom stereocenters. The number of hydrogen-bond acceptors (Lipinski definition) is 2. The predicted octanol–water partition coefficient (Wildman–Crippen LogP) is 5.78. The lowest BCUT2D eigenvalue weighted by molar-refractivity contribution is -0.143. The van der Waals surface area contributed by atoms with Gasteiger partial charge in [-0.2, -0.15) is 26.3 Å². The molecule has 2 aromatic carbocycles. The molecule has 0 N–H and O–H groups in total. The number of fused-ring (bicyclic) bond motifs is 2. The second kappa shape index (κ2) is 7.74. The van der Waals surface area contributed by atoms with Crippen LogP contribution in [0.3, 0.4) is 0 Å². The molecule has 4 rings (SSSR count). The number of alkyl halides is 6. The van der Waals surface area contributed by atoms with E-state index in [1.54, 1.807) is 6.08 Å². The number of halogens is 6. The van der Waals surface area contributed by atoms with Gasteiger partial charge in [0.15, 0.2) is 0 Å². The fourth-order valence-electron chi connectivity index (χ4n) is 4.06. The lowest BCUT2D eigenvalue weighted by Crippen LogP contribution is -2.53. The fraction of sp³-hybridized carbons (Fsp3) is 0.364. The normalized spacial score (nSPS) is 22.7. The summed E-state index contributed by atoms with van der Waals surface area (Å²) in [6, 6.07) is 11.2. The van der Waals surface area contributed by atoms with Crippen molar-refractivity contribution < 1.29 is 31.1 Å². The Bertz CT molecular complexity index is 903. The first-order valence-electron chi connectivity index (χ1n) is 9.49. The molecule has 1 saturated heterocycles. The van der Waals surface area contributed by atoms with E-state index in [1.807, 2.05) is 30.3 Å². The number of morpholine rings is 1. The minimum Gasteiger partial charge on any atom is -0.378 e. The topological polar surface area (TPSA) is 12.5 Å². The maximum Gasteiger partial charge on any atom is 0.416 e. The van der Waals surface area contributed by atoms with E-state index in [1.165, 1.54) is 0 Å². The smallest absolute Gasteiger partial charge is 0.378 e. The number of ether oxygens (including phenoxy) is 1. The molecule has 2 heterocycles. The highest BCUT2D eigenvalue weighted by atomic mass is 19.4. The van der Waals surface area contributed by atoms with Crippen molar-refractivity contribution in [1.29, 1.82) is 0 Å². The molecule has 0 spiro atoms. The van der Waals surface area contributed by atoms with Crippen LogP contribution in [0.1, 0.15) is 28.7 Å². The van der Waals surface area contributed by atoms with Gasteiger partial charge in [-0.3, -0.25) is 4.90 Å². The molecule has 160 valence electrons. The first-order chi connectivity index (χ1) is 14.1. The van der Waals surface area contributed by atoms with Gasteiger partial charge in [0, 0.05) is 12.6 Å². The molecule has 8 heteroatoms. The summed E-state index contributed by atoms with van der Waals surface area (Å²) >= 11 is 0. The van der Waals surface area contributed by atoms with Crippen LogP contribution >= 0.6 is 0 Å². The largest absolute Gasteiger partial charge is 0.416 e. The summed E-state index contributed by atoms with van der Waals surface area (Å²) in [6.07, 6.45) is -7.65. The number of benzene rings is 2. The van der Waals surface area contributed by atoms with Gasteiger partial charge in [0.1, 0.15) is 0 Å². The Hall–Kier alpha value is -2.32. The summed E-state index contributed by atoms with van der Waals surface area (Å²) in [7, 11) is 0. The third-order valence-electron chi connectivity index (χ3n) is 5.51. The van der Waals surface area contributed by atoms with Crippen LogP contribution in [-0.2, 0) is 23.6 Å². The molecule has 30 heavy (non-hydrogen) atoms. The minimum absolute atomic E-state index is 0.0339. The number of nitrogens with zero attached hydrogens (tertiary/aromatic N) is 1. The van der Waals surface area contributed by atoms with Gasteiger partial charge < -0.3 is 4.74 Å². The maximum atomic E-state index is 13.2. The van der Waals surface area contributed by atoms with E-state index >= 15 is 0 Å². The summed E-state index contributed by atoms with van der Waals surface area (Å²) in [4.78, 5) is 2.20. The molecule has 2 aliphatic heterocycles. The van der Waals surface area contributed by atoms with Gasteiger partial charge in [-0.15, -0.1) is 0 Å². The number of hydrogen-bond donors (Lipinski definition) is 0. The lowest BCUT2D eigenvalue weighted by Gasteiger charge is -2.45. The third kappa shape index (κ3) is 4.39. The van der Waals surface area contributed by atoms with Crippen LogP contribution in [0.2, 0.25) is 0 Å². The van der Waals surface area contributed by atoms with Gasteiger partial charge in [0.2, 0.25) is 0 Å². The van der Waals surface area contributed by atoms with Crippen LogP contribution in [0.5, 0.6) is 0 Å². The predicted molar refractivity (Wildman–Crippen MR) is 99.4 cm³/mol. The Balaban J connectivity index is 1.69. The molecule has 0 amide bonds. The van der Waals surface area contributed by atoms with Crippen LogP contribution < -0.4 is 0 Å². The summed E-state index contributed by atoms with van der Waals surface area (Å²) < 4.78 is 84.9. The quantitative estimate of drug-likeness (QED) is 0.576. The Morgan fingerprint density at radius 2 is 1.50 bits per heavy atom. The molecule has 2 aliphatic rings. The van der Waals surface area contributed by atoms with Crippen molar-refractivity contribution >= 4 is 5.57 Å². The highest BCUT2D eigenvalue weighted by molar-refractivity contribution is 5.69. The minimum atomic E-state index is -4.86. The first kappa shape index (κ1) is 20.9. The third-order valence-corrected chi connectivity index (χ3v) is 5.51. The van der Waals surface area contributed by atoms with Crippen LogP contribution in [0.25, 0.3) is 5.57 Å². The van der Waals surface area contributed by atoms with Gasteiger partial charge in [0.25, 0.3) is 0 Å². The van der Waals surface area contributed by atoms with E-state index in [0.29, 0.717) is 31.8 Å². The van der Waals surface area contributed by atoms with Crippen LogP contribution in [0.4, 0.5) is 26.3 Å². The molecule has 0 saturated carbocycles. The van der Waals surface area contributed by atoms with Crippen molar-refractivity contribution in [3.8, 4) is 0 Å². The SMILES string of the molecule is FC(F)(F)c1cc(C2=CC3COCC(C2)N3Cc2ccccc2)cc(C(F)(F)F)c1. The van der Waals surface area contributed by atoms with E-state index in [4.69, 9.17) is 4.74 Å². The Labute approximate surface area is 169 Å². The van der Waals surface area contributed by atoms with Crippen molar-refractivity contribution in [2.45, 2.75) is 37.4 Å². The van der Waals surface area contributed by atoms with E-state index in [-0.39, 0.29) is 23.7 Å². The zero-order valence-corrected chi connectivity index (χ0v) is 15.8. The molecule has 0 aliphatic carbocycles. The van der Waals surface area contributed by atoms with E-state index < -0.39 is 23.5 Å². The summed E-state index contributed by atoms with van der Waals surface area (Å²) in [5, 5.41) is 0. The van der Waals surface area contributed by atoms with Crippen molar-refractivity contribution in [1.82, 2.24) is 4.90 Å². The van der Waals surface area contributed by atoms with Crippen molar-refractivity contribution in [2.75, 3.05) is 13.2 Å². The Morgan fingerprint density at radius 3 is 2.07 bits per heavy atom. The molecule has 0 aromatic heterocycles. The van der Waals surface area contributed by atoms with Crippen LogP contribution in [0, 0.1) is 0 Å². The zero-order chi connectivity index (χ0) is 21.5. The summed E-state index contributed by atoms with van der Waals surface area (Å²) in [5.74, 6) is 0. The van der Waals surface area contributed by atoms with Crippen molar-refractivity contribution in [3.63, 3.8) is 0 Å². The van der Waals surface area contributed by atoms with Crippen LogP contribution in [0.15, 0.2) is 54.6 Å². The van der Waals surface area contributed by atoms with Crippen molar-refractivity contribution in [2.24, 2.45) is 0 Å². The van der Waals surface area contributed by atoms with E-state index in [2.05, 4.69) is 4.90 Å². The Kier molecular flexibility index (Phi) is 5.40. The zero-order valence-electron chi connectivity index (χ0n) is 15.8. The maximum absolute atomic E-state index is 13.2. The summed E-state index contributed by atoms with van der Waals surface area (Å²) in [6.45, 7) is 1.36. The molecule has 2 nitrogen and oxygen atoms in total. The van der Waals surface area contributed by atoms with E-state index in [0.717, 1.165) is 17.7 Å². The van der Waals surface area contributed by atoms with Gasteiger partial charge in [-0.25, -0.2) is 0 Å². The highest BCUT2D eigenvalue weighted by Gasteiger charge is 2.39. The highest BCUT2D eigenvalue weighted by Crippen LogP contribution is 2.40. The first-order valence-corrected chi connectivity index (χ1v) is 9.49. The molecule has 0 radical (unpaired) electrons. The van der Waals surface area contributed by atoms with Crippen LogP contribution in [-0.4, -0.2) is 30.2 Å². The molecule has 2 aromatic rings.